The topological polar surface area (TPSA) is 112 Å². The summed E-state index contributed by atoms with van der Waals surface area (Å²) in [5.41, 5.74) is 1.58. The number of aromatic nitrogens is 4. The average Bonchev–Trinajstić information content (AvgIpc) is 3.27. The number of benzene rings is 3. The highest BCUT2D eigenvalue weighted by molar-refractivity contribution is 7.81. The lowest BCUT2D eigenvalue weighted by Gasteiger charge is -2.13. The second kappa shape index (κ2) is 11.3. The zero-order valence-electron chi connectivity index (χ0n) is 19.2. The maximum absolute atomic E-state index is 14.0. The second-order valence-electron chi connectivity index (χ2n) is 7.57. The zero-order valence-corrected chi connectivity index (χ0v) is 21.6. The molecule has 5 aromatic rings. The lowest BCUT2D eigenvalue weighted by molar-refractivity contribution is 0.630. The Hall–Kier alpha value is -4.40. The Labute approximate surface area is 229 Å². The van der Waals surface area contributed by atoms with Crippen LogP contribution in [0.5, 0.6) is 0 Å². The van der Waals surface area contributed by atoms with Gasteiger partial charge in [0.05, 0.1) is 15.9 Å². The van der Waals surface area contributed by atoms with Gasteiger partial charge in [-0.1, -0.05) is 41.7 Å². The molecule has 3 aromatic carbocycles. The average molecular weight is 566 g/mol. The van der Waals surface area contributed by atoms with Gasteiger partial charge in [0, 0.05) is 5.69 Å². The molecule has 0 unspecified atom stereocenters. The van der Waals surface area contributed by atoms with Gasteiger partial charge in [-0.05, 0) is 66.9 Å². The van der Waals surface area contributed by atoms with Gasteiger partial charge in [-0.15, -0.1) is 0 Å². The molecule has 2 heterocycles. The summed E-state index contributed by atoms with van der Waals surface area (Å²) >= 11 is 11.9. The smallest absolute Gasteiger partial charge is 0.235 e. The van der Waals surface area contributed by atoms with E-state index >= 15 is 0 Å². The van der Waals surface area contributed by atoms with E-state index in [4.69, 9.17) is 24.4 Å². The Morgan fingerprint density at radius 3 is 2.08 bits per heavy atom. The molecule has 9 nitrogen and oxygen atoms in total. The standard InChI is InChI=1S/C24H17F2N9S3/c25-13-10-11-17-18(12-13)38-24(29-17)35-21-31-19(33-22(36)27-14-6-2-1-3-7-14)30-20(32-21)34-23(37)28-16-9-5-4-8-15(16)26/h1-12H,(H5,27,28,29,30,31,32,33,34,35,36,37). The summed E-state index contributed by atoms with van der Waals surface area (Å²) in [7, 11) is 0. The van der Waals surface area contributed by atoms with Crippen LogP contribution in [0.3, 0.4) is 0 Å². The highest BCUT2D eigenvalue weighted by Crippen LogP contribution is 2.28. The van der Waals surface area contributed by atoms with Crippen LogP contribution in [0.25, 0.3) is 10.2 Å². The maximum Gasteiger partial charge on any atom is 0.235 e. The van der Waals surface area contributed by atoms with Crippen molar-refractivity contribution in [3.8, 4) is 0 Å². The van der Waals surface area contributed by atoms with Crippen LogP contribution in [-0.2, 0) is 0 Å². The fourth-order valence-electron chi connectivity index (χ4n) is 3.19. The van der Waals surface area contributed by atoms with E-state index in [0.29, 0.717) is 15.3 Å². The fourth-order valence-corrected chi connectivity index (χ4v) is 4.49. The number of halogens is 2. The van der Waals surface area contributed by atoms with Gasteiger partial charge in [-0.3, -0.25) is 5.32 Å². The Morgan fingerprint density at radius 2 is 1.34 bits per heavy atom. The summed E-state index contributed by atoms with van der Waals surface area (Å²) in [6, 6.07) is 19.7. The summed E-state index contributed by atoms with van der Waals surface area (Å²) in [4.78, 5) is 17.4. The van der Waals surface area contributed by atoms with E-state index in [1.54, 1.807) is 24.3 Å². The van der Waals surface area contributed by atoms with E-state index in [0.717, 1.165) is 5.69 Å². The van der Waals surface area contributed by atoms with Crippen molar-refractivity contribution in [1.82, 2.24) is 19.9 Å². The molecule has 0 amide bonds. The van der Waals surface area contributed by atoms with E-state index in [1.165, 1.54) is 29.5 Å². The molecular formula is C24H17F2N9S3. The van der Waals surface area contributed by atoms with E-state index in [9.17, 15) is 8.78 Å². The Balaban J connectivity index is 1.38. The minimum absolute atomic E-state index is 0.0495. The molecule has 0 aliphatic rings. The molecule has 14 heteroatoms. The highest BCUT2D eigenvalue weighted by atomic mass is 32.1. The number of anilines is 6. The summed E-state index contributed by atoms with van der Waals surface area (Å²) in [5.74, 6) is -0.573. The number of nitrogens with one attached hydrogen (secondary N) is 5. The molecule has 5 rings (SSSR count). The van der Waals surface area contributed by atoms with E-state index in [1.807, 2.05) is 30.3 Å². The van der Waals surface area contributed by atoms with Crippen LogP contribution in [0, 0.1) is 11.6 Å². The van der Waals surface area contributed by atoms with Gasteiger partial charge < -0.3 is 21.3 Å². The van der Waals surface area contributed by atoms with Crippen LogP contribution in [0.2, 0.25) is 0 Å². The molecule has 0 atom stereocenters. The molecule has 0 aliphatic carbocycles. The van der Waals surface area contributed by atoms with Gasteiger partial charge >= 0.3 is 0 Å². The summed E-state index contributed by atoms with van der Waals surface area (Å²) in [5, 5.41) is 15.3. The lowest BCUT2D eigenvalue weighted by atomic mass is 10.3. The van der Waals surface area contributed by atoms with E-state index < -0.39 is 5.82 Å². The monoisotopic (exact) mass is 565 g/mol. The van der Waals surface area contributed by atoms with Crippen LogP contribution in [0.4, 0.5) is 43.1 Å². The molecular weight excluding hydrogens is 549 g/mol. The molecule has 0 saturated carbocycles. The largest absolute Gasteiger partial charge is 0.332 e. The number of para-hydroxylation sites is 2. The maximum atomic E-state index is 14.0. The van der Waals surface area contributed by atoms with Crippen molar-refractivity contribution in [3.05, 3.63) is 84.4 Å². The van der Waals surface area contributed by atoms with Crippen molar-refractivity contribution in [2.75, 3.05) is 26.6 Å². The number of rotatable bonds is 6. The van der Waals surface area contributed by atoms with Crippen molar-refractivity contribution in [2.45, 2.75) is 0 Å². The van der Waals surface area contributed by atoms with Gasteiger partial charge in [0.1, 0.15) is 11.6 Å². The van der Waals surface area contributed by atoms with Crippen LogP contribution < -0.4 is 26.6 Å². The minimum Gasteiger partial charge on any atom is -0.332 e. The minimum atomic E-state index is -0.471. The first-order chi connectivity index (χ1) is 18.4. The normalized spacial score (nSPS) is 10.6. The van der Waals surface area contributed by atoms with E-state index in [-0.39, 0.29) is 39.6 Å². The van der Waals surface area contributed by atoms with Gasteiger partial charge in [-0.2, -0.15) is 15.0 Å². The molecule has 5 N–H and O–H groups in total. The highest BCUT2D eigenvalue weighted by Gasteiger charge is 2.13. The second-order valence-corrected chi connectivity index (χ2v) is 9.41. The van der Waals surface area contributed by atoms with Crippen molar-refractivity contribution >= 4 is 90.6 Å². The SMILES string of the molecule is Fc1ccc2nc(Nc3nc(NC(=S)Nc4ccccc4)nc(NC(=S)Nc4ccccc4F)n3)sc2c1. The van der Waals surface area contributed by atoms with Gasteiger partial charge in [0.15, 0.2) is 15.4 Å². The molecule has 0 aliphatic heterocycles. The Bertz CT molecular complexity index is 1630. The van der Waals surface area contributed by atoms with Gasteiger partial charge in [-0.25, -0.2) is 13.8 Å². The van der Waals surface area contributed by atoms with Crippen molar-refractivity contribution in [3.63, 3.8) is 0 Å². The zero-order chi connectivity index (χ0) is 26.5. The molecule has 190 valence electrons. The first kappa shape index (κ1) is 25.3. The predicted octanol–water partition coefficient (Wildman–Crippen LogP) is 6.12. The summed E-state index contributed by atoms with van der Waals surface area (Å²) in [6.45, 7) is 0. The molecule has 0 radical (unpaired) electrons. The number of thiazole rings is 1. The first-order valence-electron chi connectivity index (χ1n) is 11.0. The van der Waals surface area contributed by atoms with Crippen molar-refractivity contribution in [1.29, 1.82) is 0 Å². The third-order valence-corrected chi connectivity index (χ3v) is 6.15. The molecule has 0 spiro atoms. The molecule has 2 aromatic heterocycles. The Morgan fingerprint density at radius 1 is 0.684 bits per heavy atom. The first-order valence-corrected chi connectivity index (χ1v) is 12.6. The van der Waals surface area contributed by atoms with Crippen molar-refractivity contribution in [2.24, 2.45) is 0 Å². The summed E-state index contributed by atoms with van der Waals surface area (Å²) in [6.07, 6.45) is 0. The third kappa shape index (κ3) is 6.47. The van der Waals surface area contributed by atoms with Gasteiger partial charge in [0.25, 0.3) is 0 Å². The Kier molecular flexibility index (Phi) is 7.53. The van der Waals surface area contributed by atoms with Crippen molar-refractivity contribution < 1.29 is 8.78 Å². The van der Waals surface area contributed by atoms with Crippen LogP contribution >= 0.6 is 35.8 Å². The molecule has 38 heavy (non-hydrogen) atoms. The number of hydrogen-bond acceptors (Lipinski definition) is 8. The number of fused-ring (bicyclic) bond motifs is 1. The number of thiocarbonyl (C=S) groups is 2. The van der Waals surface area contributed by atoms with Gasteiger partial charge in [0.2, 0.25) is 17.8 Å². The van der Waals surface area contributed by atoms with Crippen LogP contribution in [0.15, 0.2) is 72.8 Å². The molecule has 0 bridgehead atoms. The van der Waals surface area contributed by atoms with Crippen LogP contribution in [0.1, 0.15) is 0 Å². The third-order valence-electron chi connectivity index (χ3n) is 4.81. The number of hydrogen-bond donors (Lipinski definition) is 5. The quantitative estimate of drug-likeness (QED) is 0.154. The fraction of sp³-hybridized carbons (Fsp3) is 0. The lowest BCUT2D eigenvalue weighted by Crippen LogP contribution is -2.24. The molecule has 0 saturated heterocycles. The summed E-state index contributed by atoms with van der Waals surface area (Å²) < 4.78 is 28.3. The number of nitrogens with zero attached hydrogens (tertiary/aromatic N) is 4. The van der Waals surface area contributed by atoms with Crippen LogP contribution in [-0.4, -0.2) is 30.2 Å². The molecule has 0 fully saturated rings. The predicted molar refractivity (Wildman–Crippen MR) is 155 cm³/mol. The van der Waals surface area contributed by atoms with E-state index in [2.05, 4.69) is 46.5 Å².